The van der Waals surface area contributed by atoms with Crippen molar-refractivity contribution in [2.75, 3.05) is 12.4 Å². The molecule has 0 atom stereocenters. The minimum atomic E-state index is -0.552. The Kier molecular flexibility index (Phi) is 6.22. The van der Waals surface area contributed by atoms with Crippen molar-refractivity contribution in [3.8, 4) is 5.75 Å². The normalized spacial score (nSPS) is 11.4. The van der Waals surface area contributed by atoms with Crippen molar-refractivity contribution in [1.29, 1.82) is 0 Å². The Hall–Kier alpha value is -4.73. The Bertz CT molecular complexity index is 1440. The molecule has 2 N–H and O–H groups in total. The number of para-hydroxylation sites is 1. The summed E-state index contributed by atoms with van der Waals surface area (Å²) in [7, 11) is 1.51. The number of anilines is 1. The SMILES string of the molecule is COc1cc2c(cc1NC(=O)C/C(C)=N/NC(=O)c1ccc([N+](=O)[O-])cc1)oc1ccccc12. The van der Waals surface area contributed by atoms with Crippen molar-refractivity contribution in [2.45, 2.75) is 13.3 Å². The molecule has 10 nitrogen and oxygen atoms in total. The Morgan fingerprint density at radius 1 is 1.06 bits per heavy atom. The average molecular weight is 460 g/mol. The van der Waals surface area contributed by atoms with Crippen molar-refractivity contribution >= 4 is 50.8 Å². The number of fused-ring (bicyclic) bond motifs is 3. The molecule has 0 aliphatic heterocycles. The largest absolute Gasteiger partial charge is 0.495 e. The van der Waals surface area contributed by atoms with Gasteiger partial charge in [-0.25, -0.2) is 5.43 Å². The second-order valence-electron chi connectivity index (χ2n) is 7.46. The zero-order valence-electron chi connectivity index (χ0n) is 18.3. The molecule has 0 spiro atoms. The number of hydrogen-bond donors (Lipinski definition) is 2. The third-order valence-corrected chi connectivity index (χ3v) is 5.08. The van der Waals surface area contributed by atoms with Gasteiger partial charge in [0, 0.05) is 40.2 Å². The molecular weight excluding hydrogens is 440 g/mol. The van der Waals surface area contributed by atoms with Crippen molar-refractivity contribution in [2.24, 2.45) is 5.10 Å². The standard InChI is InChI=1S/C24H20N4O6/c1-14(26-27-24(30)15-7-9-16(10-8-15)28(31)32)11-23(29)25-19-13-21-18(12-22(19)33-2)17-5-3-4-6-20(17)34-21/h3-10,12-13H,11H2,1-2H3,(H,25,29)(H,27,30)/b26-14+. The smallest absolute Gasteiger partial charge is 0.271 e. The fourth-order valence-corrected chi connectivity index (χ4v) is 3.43. The van der Waals surface area contributed by atoms with E-state index in [1.165, 1.54) is 31.4 Å². The van der Waals surface area contributed by atoms with E-state index in [4.69, 9.17) is 9.15 Å². The van der Waals surface area contributed by atoms with Gasteiger partial charge < -0.3 is 14.5 Å². The zero-order chi connectivity index (χ0) is 24.2. The third-order valence-electron chi connectivity index (χ3n) is 5.08. The molecule has 0 radical (unpaired) electrons. The summed E-state index contributed by atoms with van der Waals surface area (Å²) in [6.45, 7) is 1.59. The molecule has 1 heterocycles. The van der Waals surface area contributed by atoms with E-state index in [1.54, 1.807) is 13.0 Å². The van der Waals surface area contributed by atoms with Gasteiger partial charge in [-0.2, -0.15) is 5.10 Å². The lowest BCUT2D eigenvalue weighted by atomic mass is 10.1. The molecule has 10 heteroatoms. The van der Waals surface area contributed by atoms with Crippen LogP contribution in [0, 0.1) is 10.1 Å². The summed E-state index contributed by atoms with van der Waals surface area (Å²) in [6.07, 6.45) is -0.0815. The molecule has 1 aromatic heterocycles. The highest BCUT2D eigenvalue weighted by Crippen LogP contribution is 2.36. The lowest BCUT2D eigenvalue weighted by Gasteiger charge is -2.10. The molecule has 4 aromatic rings. The number of nitrogens with zero attached hydrogens (tertiary/aromatic N) is 2. The Morgan fingerprint density at radius 2 is 1.79 bits per heavy atom. The average Bonchev–Trinajstić information content (AvgIpc) is 3.19. The zero-order valence-corrected chi connectivity index (χ0v) is 18.3. The van der Waals surface area contributed by atoms with Gasteiger partial charge in [-0.05, 0) is 31.2 Å². The maximum absolute atomic E-state index is 12.6. The minimum absolute atomic E-state index is 0.0815. The van der Waals surface area contributed by atoms with Crippen molar-refractivity contribution in [1.82, 2.24) is 5.43 Å². The number of benzene rings is 3. The van der Waals surface area contributed by atoms with E-state index in [0.717, 1.165) is 16.4 Å². The number of hydrogen-bond acceptors (Lipinski definition) is 7. The van der Waals surface area contributed by atoms with E-state index < -0.39 is 10.8 Å². The maximum Gasteiger partial charge on any atom is 0.271 e. The van der Waals surface area contributed by atoms with Crippen LogP contribution in [0.25, 0.3) is 21.9 Å². The lowest BCUT2D eigenvalue weighted by Crippen LogP contribution is -2.21. The predicted octanol–water partition coefficient (Wildman–Crippen LogP) is 4.64. The van der Waals surface area contributed by atoms with Crippen LogP contribution in [0.1, 0.15) is 23.7 Å². The van der Waals surface area contributed by atoms with Crippen LogP contribution < -0.4 is 15.5 Å². The van der Waals surface area contributed by atoms with E-state index in [0.29, 0.717) is 22.7 Å². The fraction of sp³-hybridized carbons (Fsp3) is 0.125. The van der Waals surface area contributed by atoms with Crippen LogP contribution in [-0.4, -0.2) is 29.6 Å². The van der Waals surface area contributed by atoms with Gasteiger partial charge in [0.25, 0.3) is 11.6 Å². The van der Waals surface area contributed by atoms with Gasteiger partial charge in [0.2, 0.25) is 5.91 Å². The highest BCUT2D eigenvalue weighted by atomic mass is 16.6. The molecule has 34 heavy (non-hydrogen) atoms. The van der Waals surface area contributed by atoms with Gasteiger partial charge in [-0.1, -0.05) is 18.2 Å². The number of non-ortho nitro benzene ring substituents is 1. The molecule has 0 aliphatic rings. The van der Waals surface area contributed by atoms with E-state index in [1.807, 2.05) is 30.3 Å². The van der Waals surface area contributed by atoms with Gasteiger partial charge in [-0.15, -0.1) is 0 Å². The minimum Gasteiger partial charge on any atom is -0.495 e. The van der Waals surface area contributed by atoms with Gasteiger partial charge in [0.1, 0.15) is 16.9 Å². The lowest BCUT2D eigenvalue weighted by molar-refractivity contribution is -0.384. The number of nitro benzene ring substituents is 1. The summed E-state index contributed by atoms with van der Waals surface area (Å²) < 4.78 is 11.3. The summed E-state index contributed by atoms with van der Waals surface area (Å²) >= 11 is 0. The molecule has 0 unspecified atom stereocenters. The molecule has 172 valence electrons. The van der Waals surface area contributed by atoms with Crippen LogP contribution in [-0.2, 0) is 4.79 Å². The Labute approximate surface area is 193 Å². The number of furan rings is 1. The van der Waals surface area contributed by atoms with Crippen LogP contribution in [0.4, 0.5) is 11.4 Å². The van der Waals surface area contributed by atoms with Gasteiger partial charge in [-0.3, -0.25) is 19.7 Å². The molecule has 3 aromatic carbocycles. The van der Waals surface area contributed by atoms with Crippen molar-refractivity contribution in [3.05, 3.63) is 76.3 Å². The second-order valence-corrected chi connectivity index (χ2v) is 7.46. The van der Waals surface area contributed by atoms with Crippen LogP contribution in [0.2, 0.25) is 0 Å². The van der Waals surface area contributed by atoms with Gasteiger partial charge in [0.05, 0.1) is 24.1 Å². The first-order valence-electron chi connectivity index (χ1n) is 10.2. The first-order valence-corrected chi connectivity index (χ1v) is 10.2. The second kappa shape index (κ2) is 9.41. The number of amides is 2. The van der Waals surface area contributed by atoms with Crippen LogP contribution in [0.3, 0.4) is 0 Å². The molecule has 0 aliphatic carbocycles. The summed E-state index contributed by atoms with van der Waals surface area (Å²) in [6, 6.07) is 16.2. The number of rotatable bonds is 7. The third kappa shape index (κ3) is 4.70. The summed E-state index contributed by atoms with van der Waals surface area (Å²) in [5.41, 5.74) is 4.57. The molecule has 0 fully saturated rings. The Balaban J connectivity index is 1.43. The number of methoxy groups -OCH3 is 1. The highest BCUT2D eigenvalue weighted by molar-refractivity contribution is 6.10. The van der Waals surface area contributed by atoms with Gasteiger partial charge in [0.15, 0.2) is 0 Å². The summed E-state index contributed by atoms with van der Waals surface area (Å²) in [5, 5.41) is 19.2. The van der Waals surface area contributed by atoms with Crippen molar-refractivity contribution in [3.63, 3.8) is 0 Å². The first kappa shape index (κ1) is 22.5. The van der Waals surface area contributed by atoms with Crippen LogP contribution in [0.5, 0.6) is 5.75 Å². The number of nitrogens with one attached hydrogen (secondary N) is 2. The molecule has 0 saturated carbocycles. The number of carbonyl (C=O) groups is 2. The van der Waals surface area contributed by atoms with Crippen molar-refractivity contribution < 1.29 is 23.7 Å². The van der Waals surface area contributed by atoms with Crippen LogP contribution in [0.15, 0.2) is 70.2 Å². The Morgan fingerprint density at radius 3 is 2.50 bits per heavy atom. The van der Waals surface area contributed by atoms with E-state index in [2.05, 4.69) is 15.8 Å². The van der Waals surface area contributed by atoms with E-state index in [9.17, 15) is 19.7 Å². The van der Waals surface area contributed by atoms with E-state index in [-0.39, 0.29) is 23.6 Å². The number of hydrazone groups is 1. The number of nitro groups is 1. The van der Waals surface area contributed by atoms with E-state index >= 15 is 0 Å². The molecular formula is C24H20N4O6. The fourth-order valence-electron chi connectivity index (χ4n) is 3.43. The molecule has 0 saturated heterocycles. The summed E-state index contributed by atoms with van der Waals surface area (Å²) in [4.78, 5) is 34.9. The molecule has 0 bridgehead atoms. The van der Waals surface area contributed by atoms with Crippen LogP contribution >= 0.6 is 0 Å². The molecule has 2 amide bonds. The number of carbonyl (C=O) groups excluding carboxylic acids is 2. The first-order chi connectivity index (χ1) is 16.4. The predicted molar refractivity (Wildman–Crippen MR) is 127 cm³/mol. The quantitative estimate of drug-likeness (QED) is 0.234. The highest BCUT2D eigenvalue weighted by Gasteiger charge is 2.15. The summed E-state index contributed by atoms with van der Waals surface area (Å²) in [5.74, 6) is -0.431. The van der Waals surface area contributed by atoms with Gasteiger partial charge >= 0.3 is 0 Å². The number of ether oxygens (including phenoxy) is 1. The maximum atomic E-state index is 12.6. The molecule has 4 rings (SSSR count). The topological polar surface area (TPSA) is 136 Å². The monoisotopic (exact) mass is 460 g/mol.